The van der Waals surface area contributed by atoms with Crippen LogP contribution in [-0.4, -0.2) is 25.3 Å². The van der Waals surface area contributed by atoms with Crippen LogP contribution in [0.15, 0.2) is 29.8 Å². The van der Waals surface area contributed by atoms with E-state index < -0.39 is 17.3 Å². The van der Waals surface area contributed by atoms with Crippen molar-refractivity contribution in [3.63, 3.8) is 0 Å². The Hall–Kier alpha value is -2.36. The summed E-state index contributed by atoms with van der Waals surface area (Å²) in [6.07, 6.45) is 2.00. The average Bonchev–Trinajstić information content (AvgIpc) is 2.69. The van der Waals surface area contributed by atoms with Gasteiger partial charge in [-0.1, -0.05) is 23.2 Å². The van der Waals surface area contributed by atoms with Gasteiger partial charge in [-0.05, 0) is 42.3 Å². The first kappa shape index (κ1) is 19.4. The second kappa shape index (κ2) is 7.34. The molecule has 136 valence electrons. The van der Waals surface area contributed by atoms with Gasteiger partial charge in [-0.2, -0.15) is 15.8 Å². The maximum absolute atomic E-state index is 10.0. The highest BCUT2D eigenvalue weighted by Gasteiger charge is 2.59. The summed E-state index contributed by atoms with van der Waals surface area (Å²) in [5.41, 5.74) is -0.519. The third kappa shape index (κ3) is 2.91. The molecule has 1 saturated carbocycles. The third-order valence-electron chi connectivity index (χ3n) is 5.75. The normalized spacial score (nSPS) is 28.9. The van der Waals surface area contributed by atoms with Crippen molar-refractivity contribution in [1.29, 1.82) is 21.2 Å². The molecule has 0 spiro atoms. The number of hydrogen-bond donors (Lipinski definition) is 2. The first-order valence-corrected chi connectivity index (χ1v) is 9.48. The second-order valence-corrected chi connectivity index (χ2v) is 7.82. The van der Waals surface area contributed by atoms with E-state index in [1.807, 2.05) is 6.08 Å². The molecule has 0 aromatic heterocycles. The zero-order valence-electron chi connectivity index (χ0n) is 14.8. The molecule has 5 nitrogen and oxygen atoms in total. The van der Waals surface area contributed by atoms with Gasteiger partial charge in [0.25, 0.3) is 0 Å². The maximum Gasteiger partial charge on any atom is 0.190 e. The molecule has 0 amide bonds. The molecule has 1 fully saturated rings. The Morgan fingerprint density at radius 3 is 2.56 bits per heavy atom. The average molecular weight is 399 g/mol. The van der Waals surface area contributed by atoms with Crippen LogP contribution in [0.3, 0.4) is 0 Å². The fourth-order valence-corrected chi connectivity index (χ4v) is 4.76. The minimum absolute atomic E-state index is 0.168. The van der Waals surface area contributed by atoms with Crippen molar-refractivity contribution in [1.82, 2.24) is 0 Å². The lowest BCUT2D eigenvalue weighted by Crippen LogP contribution is -3.13. The van der Waals surface area contributed by atoms with Crippen molar-refractivity contribution >= 4 is 28.9 Å². The van der Waals surface area contributed by atoms with Gasteiger partial charge in [-0.25, -0.2) is 0 Å². The Bertz CT molecular complexity index is 933. The van der Waals surface area contributed by atoms with E-state index in [-0.39, 0.29) is 11.6 Å². The summed E-state index contributed by atoms with van der Waals surface area (Å²) in [5, 5.41) is 39.2. The van der Waals surface area contributed by atoms with Crippen LogP contribution in [0, 0.1) is 56.7 Å². The van der Waals surface area contributed by atoms with Gasteiger partial charge in [-0.3, -0.25) is 0 Å². The summed E-state index contributed by atoms with van der Waals surface area (Å²) in [5.74, 6) is -1.74. The molecule has 1 aliphatic carbocycles. The minimum Gasteiger partial charge on any atom is -0.331 e. The van der Waals surface area contributed by atoms with Crippen molar-refractivity contribution in [3.8, 4) is 18.2 Å². The molecule has 1 aromatic rings. The molecule has 0 bridgehead atoms. The molecule has 3 rings (SSSR count). The Labute approximate surface area is 168 Å². The second-order valence-electron chi connectivity index (χ2n) is 6.97. The number of quaternary nitrogens is 1. The molecule has 2 N–H and O–H groups in total. The first-order valence-electron chi connectivity index (χ1n) is 8.73. The van der Waals surface area contributed by atoms with Crippen molar-refractivity contribution in [3.05, 3.63) is 45.5 Å². The highest BCUT2D eigenvalue weighted by Crippen LogP contribution is 2.53. The summed E-state index contributed by atoms with van der Waals surface area (Å²) >= 11 is 12.6. The smallest absolute Gasteiger partial charge is 0.190 e. The number of nitrogens with zero attached hydrogens (tertiary/aromatic N) is 3. The van der Waals surface area contributed by atoms with Crippen molar-refractivity contribution in [2.75, 3.05) is 19.6 Å². The molecule has 1 aromatic carbocycles. The molecule has 1 aliphatic heterocycles. The van der Waals surface area contributed by atoms with E-state index in [9.17, 15) is 15.8 Å². The molecule has 7 heteroatoms. The predicted molar refractivity (Wildman–Crippen MR) is 103 cm³/mol. The molecular weight excluding hydrogens is 381 g/mol. The van der Waals surface area contributed by atoms with Gasteiger partial charge in [0.05, 0.1) is 43.6 Å². The maximum atomic E-state index is 10.0. The number of likely N-dealkylation sites (N-methyl/N-ethyl adjacent to an activating group) is 1. The van der Waals surface area contributed by atoms with Gasteiger partial charge in [0.1, 0.15) is 5.92 Å². The quantitative estimate of drug-likeness (QED) is 0.748. The van der Waals surface area contributed by atoms with E-state index in [2.05, 4.69) is 25.1 Å². The number of halogens is 2. The molecular formula is C20H18Cl2N5+. The topological polar surface area (TPSA) is 99.7 Å². The van der Waals surface area contributed by atoms with Crippen LogP contribution in [0.2, 0.25) is 10.0 Å². The van der Waals surface area contributed by atoms with Crippen LogP contribution < -0.4 is 4.90 Å². The van der Waals surface area contributed by atoms with Gasteiger partial charge in [0, 0.05) is 21.9 Å². The Morgan fingerprint density at radius 2 is 1.96 bits per heavy atom. The van der Waals surface area contributed by atoms with E-state index in [1.165, 1.54) is 4.90 Å². The summed E-state index contributed by atoms with van der Waals surface area (Å²) in [7, 11) is 0. The van der Waals surface area contributed by atoms with Crippen molar-refractivity contribution < 1.29 is 4.90 Å². The Morgan fingerprint density at radius 1 is 1.26 bits per heavy atom. The van der Waals surface area contributed by atoms with Gasteiger partial charge >= 0.3 is 0 Å². The monoisotopic (exact) mass is 398 g/mol. The fraction of sp³-hybridized carbons (Fsp3) is 0.400. The molecule has 0 radical (unpaired) electrons. The van der Waals surface area contributed by atoms with Crippen LogP contribution in [-0.2, 0) is 0 Å². The summed E-state index contributed by atoms with van der Waals surface area (Å²) in [4.78, 5) is 1.29. The fourth-order valence-electron chi connectivity index (χ4n) is 4.35. The van der Waals surface area contributed by atoms with Crippen LogP contribution in [0.25, 0.3) is 0 Å². The molecule has 2 aliphatic rings. The number of hydrogen-bond acceptors (Lipinski definition) is 4. The number of benzene rings is 1. The largest absolute Gasteiger partial charge is 0.331 e. The van der Waals surface area contributed by atoms with E-state index in [4.69, 9.17) is 28.6 Å². The van der Waals surface area contributed by atoms with Crippen LogP contribution >= 0.6 is 23.2 Å². The standard InChI is InChI=1S/C20H17Cl2N5/c1-2-27-6-5-13-15(8-23)19(26)20(10-24,11-25)18(16(13)9-27)14-7-12(21)3-4-17(14)22/h3-5,7,15-16,18,26H,2,6,9H2,1H3/p+1/t15?,16-,18-/m0/s1. The SMILES string of the molecule is CC[NH+]1CC=C2C(C#N)C(=N)C(C#N)(C#N)[C@@H](c3cc(Cl)ccc3Cl)[C@H]2C1. The summed E-state index contributed by atoms with van der Waals surface area (Å²) in [6.45, 7) is 4.39. The van der Waals surface area contributed by atoms with Crippen molar-refractivity contribution in [2.45, 2.75) is 12.8 Å². The number of nitrogens with one attached hydrogen (secondary N) is 2. The van der Waals surface area contributed by atoms with E-state index in [0.29, 0.717) is 22.2 Å². The zero-order valence-corrected chi connectivity index (χ0v) is 16.3. The predicted octanol–water partition coefficient (Wildman–Crippen LogP) is 2.74. The third-order valence-corrected chi connectivity index (χ3v) is 6.33. The highest BCUT2D eigenvalue weighted by molar-refractivity contribution is 6.33. The summed E-state index contributed by atoms with van der Waals surface area (Å²) in [6, 6.07) is 11.3. The minimum atomic E-state index is -1.76. The molecule has 2 unspecified atom stereocenters. The van der Waals surface area contributed by atoms with Crippen LogP contribution in [0.5, 0.6) is 0 Å². The van der Waals surface area contributed by atoms with Gasteiger partial charge in [0.2, 0.25) is 0 Å². The summed E-state index contributed by atoms with van der Waals surface area (Å²) < 4.78 is 0. The number of fused-ring (bicyclic) bond motifs is 1. The lowest BCUT2D eigenvalue weighted by molar-refractivity contribution is -0.897. The molecule has 27 heavy (non-hydrogen) atoms. The van der Waals surface area contributed by atoms with E-state index >= 15 is 0 Å². The Kier molecular flexibility index (Phi) is 5.27. The number of rotatable bonds is 2. The molecule has 0 saturated heterocycles. The van der Waals surface area contributed by atoms with Crippen LogP contribution in [0.4, 0.5) is 0 Å². The lowest BCUT2D eigenvalue weighted by atomic mass is 9.54. The lowest BCUT2D eigenvalue weighted by Gasteiger charge is -2.46. The van der Waals surface area contributed by atoms with E-state index in [1.54, 1.807) is 18.2 Å². The zero-order chi connectivity index (χ0) is 19.8. The van der Waals surface area contributed by atoms with Crippen molar-refractivity contribution in [2.24, 2.45) is 17.3 Å². The van der Waals surface area contributed by atoms with Gasteiger partial charge in [-0.15, -0.1) is 0 Å². The van der Waals surface area contributed by atoms with E-state index in [0.717, 1.165) is 18.7 Å². The first-order chi connectivity index (χ1) is 12.9. The molecule has 4 atom stereocenters. The van der Waals surface area contributed by atoms with Gasteiger partial charge < -0.3 is 10.3 Å². The van der Waals surface area contributed by atoms with Gasteiger partial charge in [0.15, 0.2) is 5.41 Å². The number of nitriles is 3. The highest BCUT2D eigenvalue weighted by atomic mass is 35.5. The Balaban J connectivity index is 2.30. The molecule has 1 heterocycles. The van der Waals surface area contributed by atoms with Crippen LogP contribution in [0.1, 0.15) is 18.4 Å².